The van der Waals surface area contributed by atoms with E-state index >= 15 is 0 Å². The molecule has 1 aromatic heterocycles. The van der Waals surface area contributed by atoms with Gasteiger partial charge in [-0.3, -0.25) is 14.3 Å². The summed E-state index contributed by atoms with van der Waals surface area (Å²) in [7, 11) is -1.30. The molecule has 32 heavy (non-hydrogen) atoms. The number of aromatic nitrogens is 1. The normalized spacial score (nSPS) is 15.7. The zero-order valence-electron chi connectivity index (χ0n) is 17.9. The zero-order valence-corrected chi connectivity index (χ0v) is 19.6. The predicted molar refractivity (Wildman–Crippen MR) is 121 cm³/mol. The van der Waals surface area contributed by atoms with Crippen molar-refractivity contribution in [3.8, 4) is 0 Å². The first-order valence-corrected chi connectivity index (χ1v) is 12.7. The minimum Gasteiger partial charge on any atom is -0.468 e. The van der Waals surface area contributed by atoms with E-state index in [1.54, 1.807) is 17.5 Å². The maximum absolute atomic E-state index is 12.6. The van der Waals surface area contributed by atoms with Crippen molar-refractivity contribution in [3.05, 3.63) is 35.8 Å². The molecule has 1 fully saturated rings. The lowest BCUT2D eigenvalue weighted by Gasteiger charge is -2.34. The van der Waals surface area contributed by atoms with E-state index in [0.717, 1.165) is 32.1 Å². The van der Waals surface area contributed by atoms with E-state index in [0.29, 0.717) is 5.69 Å². The van der Waals surface area contributed by atoms with E-state index < -0.39 is 33.9 Å². The van der Waals surface area contributed by atoms with Gasteiger partial charge in [0.2, 0.25) is 0 Å². The number of hydrogen-bond donors (Lipinski definition) is 2. The molecule has 11 heteroatoms. The average Bonchev–Trinajstić information content (AvgIpc) is 3.31. The first-order chi connectivity index (χ1) is 15.4. The van der Waals surface area contributed by atoms with Gasteiger partial charge in [0, 0.05) is 17.3 Å². The van der Waals surface area contributed by atoms with Gasteiger partial charge in [0.15, 0.2) is 11.0 Å². The second-order valence-corrected chi connectivity index (χ2v) is 10.1. The standard InChI is InChI=1S/C21H27N3O6S2/c1-29-19(25)17(20(26)30-2)18(14-6-4-3-5-7-14)23-15-8-10-16(11-9-15)32(27,28)24-21-22-12-13-31-21/h8-14,17-18,23H,3-7H2,1-2H3,(H,22,24)/t18-/m0/s1. The summed E-state index contributed by atoms with van der Waals surface area (Å²) in [5.74, 6) is -2.37. The Bertz CT molecular complexity index is 987. The molecule has 2 aromatic rings. The highest BCUT2D eigenvalue weighted by atomic mass is 32.2. The Labute approximate surface area is 191 Å². The monoisotopic (exact) mass is 481 g/mol. The Kier molecular flexibility index (Phi) is 8.08. The maximum atomic E-state index is 12.6. The Hall–Kier alpha value is -2.66. The molecule has 0 spiro atoms. The van der Waals surface area contributed by atoms with Crippen LogP contribution in [0, 0.1) is 11.8 Å². The van der Waals surface area contributed by atoms with Gasteiger partial charge in [0.05, 0.1) is 25.2 Å². The third-order valence-corrected chi connectivity index (χ3v) is 7.75. The molecule has 3 rings (SSSR count). The quantitative estimate of drug-likeness (QED) is 0.413. The number of nitrogens with zero attached hydrogens (tertiary/aromatic N) is 1. The summed E-state index contributed by atoms with van der Waals surface area (Å²) in [5.41, 5.74) is 0.589. The van der Waals surface area contributed by atoms with Crippen molar-refractivity contribution in [2.24, 2.45) is 11.8 Å². The number of esters is 2. The van der Waals surface area contributed by atoms with Gasteiger partial charge in [-0.2, -0.15) is 0 Å². The SMILES string of the molecule is COC(=O)C(C(=O)OC)[C@@H](Nc1ccc(S(=O)(=O)Nc2nccs2)cc1)C1CCCCC1. The predicted octanol–water partition coefficient (Wildman–Crippen LogP) is 3.27. The van der Waals surface area contributed by atoms with Gasteiger partial charge < -0.3 is 14.8 Å². The summed E-state index contributed by atoms with van der Waals surface area (Å²) in [6, 6.07) is 5.60. The fourth-order valence-corrected chi connectivity index (χ4v) is 5.77. The molecular weight excluding hydrogens is 454 g/mol. The molecule has 0 unspecified atom stereocenters. The third-order valence-electron chi connectivity index (χ3n) is 5.58. The number of benzene rings is 1. The second kappa shape index (κ2) is 10.8. The molecule has 1 heterocycles. The van der Waals surface area contributed by atoms with Crippen molar-refractivity contribution >= 4 is 44.1 Å². The Morgan fingerprint density at radius 2 is 1.69 bits per heavy atom. The Morgan fingerprint density at radius 1 is 1.06 bits per heavy atom. The van der Waals surface area contributed by atoms with Crippen LogP contribution in [0.25, 0.3) is 0 Å². The largest absolute Gasteiger partial charge is 0.468 e. The van der Waals surface area contributed by atoms with Gasteiger partial charge in [0.1, 0.15) is 0 Å². The third kappa shape index (κ3) is 5.77. The maximum Gasteiger partial charge on any atom is 0.322 e. The molecule has 0 aliphatic heterocycles. The Morgan fingerprint density at radius 3 is 2.22 bits per heavy atom. The molecule has 1 aliphatic carbocycles. The summed E-state index contributed by atoms with van der Waals surface area (Å²) < 4.78 is 37.3. The van der Waals surface area contributed by atoms with Crippen molar-refractivity contribution in [1.82, 2.24) is 4.98 Å². The molecule has 2 N–H and O–H groups in total. The second-order valence-electron chi connectivity index (χ2n) is 7.56. The van der Waals surface area contributed by atoms with Gasteiger partial charge in [-0.15, -0.1) is 11.3 Å². The molecule has 1 atom stereocenters. The smallest absolute Gasteiger partial charge is 0.322 e. The first-order valence-electron chi connectivity index (χ1n) is 10.3. The fourth-order valence-electron chi connectivity index (χ4n) is 3.98. The van der Waals surface area contributed by atoms with E-state index in [4.69, 9.17) is 9.47 Å². The highest BCUT2D eigenvalue weighted by molar-refractivity contribution is 7.93. The van der Waals surface area contributed by atoms with Crippen molar-refractivity contribution in [2.75, 3.05) is 24.3 Å². The number of thiazole rings is 1. The molecular formula is C21H27N3O6S2. The lowest BCUT2D eigenvalue weighted by Crippen LogP contribution is -2.46. The average molecular weight is 482 g/mol. The van der Waals surface area contributed by atoms with Gasteiger partial charge in [-0.1, -0.05) is 19.3 Å². The summed E-state index contributed by atoms with van der Waals surface area (Å²) in [4.78, 5) is 28.9. The van der Waals surface area contributed by atoms with Gasteiger partial charge >= 0.3 is 11.9 Å². The number of ether oxygens (including phenoxy) is 2. The van der Waals surface area contributed by atoms with E-state index in [9.17, 15) is 18.0 Å². The van der Waals surface area contributed by atoms with E-state index in [1.807, 2.05) is 0 Å². The van der Waals surface area contributed by atoms with Crippen molar-refractivity contribution < 1.29 is 27.5 Å². The number of anilines is 2. The van der Waals surface area contributed by atoms with Crippen LogP contribution >= 0.6 is 11.3 Å². The van der Waals surface area contributed by atoms with Crippen molar-refractivity contribution in [1.29, 1.82) is 0 Å². The lowest BCUT2D eigenvalue weighted by molar-refractivity contribution is -0.160. The van der Waals surface area contributed by atoms with Crippen molar-refractivity contribution in [2.45, 2.75) is 43.0 Å². The molecule has 0 saturated heterocycles. The molecule has 1 aromatic carbocycles. The van der Waals surface area contributed by atoms with Gasteiger partial charge in [0.25, 0.3) is 10.0 Å². The van der Waals surface area contributed by atoms with Crippen LogP contribution < -0.4 is 10.0 Å². The number of nitrogens with one attached hydrogen (secondary N) is 2. The molecule has 1 aliphatic rings. The van der Waals surface area contributed by atoms with Crippen molar-refractivity contribution in [3.63, 3.8) is 0 Å². The summed E-state index contributed by atoms with van der Waals surface area (Å²) in [6.07, 6.45) is 6.39. The van der Waals surface area contributed by atoms with E-state index in [1.165, 1.54) is 43.9 Å². The number of rotatable bonds is 9. The summed E-state index contributed by atoms with van der Waals surface area (Å²) >= 11 is 1.18. The minimum absolute atomic E-state index is 0.0712. The van der Waals surface area contributed by atoms with Gasteiger partial charge in [-0.05, 0) is 43.0 Å². The molecule has 0 bridgehead atoms. The van der Waals surface area contributed by atoms with Crippen LogP contribution in [0.3, 0.4) is 0 Å². The molecule has 0 amide bonds. The van der Waals surface area contributed by atoms with Crippen LogP contribution in [-0.4, -0.2) is 45.6 Å². The lowest BCUT2D eigenvalue weighted by atomic mass is 9.78. The van der Waals surface area contributed by atoms with Crippen LogP contribution in [0.2, 0.25) is 0 Å². The van der Waals surface area contributed by atoms with Crippen LogP contribution in [-0.2, 0) is 29.1 Å². The summed E-state index contributed by atoms with van der Waals surface area (Å²) in [5, 5.41) is 5.23. The zero-order chi connectivity index (χ0) is 23.1. The number of carbonyl (C=O) groups is 2. The number of sulfonamides is 1. The summed E-state index contributed by atoms with van der Waals surface area (Å²) in [6.45, 7) is 0. The molecule has 1 saturated carbocycles. The fraction of sp³-hybridized carbons (Fsp3) is 0.476. The van der Waals surface area contributed by atoms with Crippen LogP contribution in [0.5, 0.6) is 0 Å². The highest BCUT2D eigenvalue weighted by Gasteiger charge is 2.41. The highest BCUT2D eigenvalue weighted by Crippen LogP contribution is 2.33. The van der Waals surface area contributed by atoms with Gasteiger partial charge in [-0.25, -0.2) is 13.4 Å². The van der Waals surface area contributed by atoms with Crippen LogP contribution in [0.15, 0.2) is 40.7 Å². The van der Waals surface area contributed by atoms with E-state index in [2.05, 4.69) is 15.0 Å². The first kappa shape index (κ1) is 24.0. The Balaban J connectivity index is 1.83. The van der Waals surface area contributed by atoms with E-state index in [-0.39, 0.29) is 15.9 Å². The number of methoxy groups -OCH3 is 2. The van der Waals surface area contributed by atoms with Crippen LogP contribution in [0.4, 0.5) is 10.8 Å². The minimum atomic E-state index is -3.78. The topological polar surface area (TPSA) is 124 Å². The number of hydrogen-bond acceptors (Lipinski definition) is 9. The molecule has 0 radical (unpaired) electrons. The molecule has 174 valence electrons. The number of carbonyl (C=O) groups excluding carboxylic acids is 2. The van der Waals surface area contributed by atoms with Crippen LogP contribution in [0.1, 0.15) is 32.1 Å². The molecule has 9 nitrogen and oxygen atoms in total.